The fourth-order valence-corrected chi connectivity index (χ4v) is 2.62. The van der Waals surface area contributed by atoms with Crippen molar-refractivity contribution in [1.82, 2.24) is 0 Å². The van der Waals surface area contributed by atoms with Crippen molar-refractivity contribution >= 4 is 15.9 Å². The summed E-state index contributed by atoms with van der Waals surface area (Å²) < 4.78 is 31.4. The average Bonchev–Trinajstić information content (AvgIpc) is 3.01. The molecule has 0 atom stereocenters. The lowest BCUT2D eigenvalue weighted by molar-refractivity contribution is -0.0462. The van der Waals surface area contributed by atoms with Gasteiger partial charge in [-0.1, -0.05) is 46.3 Å². The Labute approximate surface area is 130 Å². The number of halogens is 2. The molecule has 0 radical (unpaired) electrons. The van der Waals surface area contributed by atoms with Gasteiger partial charge in [-0.3, -0.25) is 0 Å². The first-order chi connectivity index (χ1) is 10.2. The van der Waals surface area contributed by atoms with Gasteiger partial charge in [0, 0.05) is 4.47 Å². The topological polar surface area (TPSA) is 27.7 Å². The van der Waals surface area contributed by atoms with E-state index in [1.807, 2.05) is 30.3 Å². The van der Waals surface area contributed by atoms with Gasteiger partial charge in [0.25, 0.3) is 0 Å². The molecule has 5 heteroatoms. The predicted octanol–water partition coefficient (Wildman–Crippen LogP) is 4.21. The summed E-state index contributed by atoms with van der Waals surface area (Å²) in [6, 6.07) is 12.8. The minimum absolute atomic E-state index is 0.175. The van der Waals surface area contributed by atoms with E-state index in [9.17, 15) is 4.39 Å². The average molecular weight is 353 g/mol. The fourth-order valence-electron chi connectivity index (χ4n) is 2.18. The second kappa shape index (κ2) is 6.56. The summed E-state index contributed by atoms with van der Waals surface area (Å²) in [6.45, 7) is 1.28. The number of hydrogen-bond acceptors (Lipinski definition) is 3. The first-order valence-corrected chi connectivity index (χ1v) is 7.42. The van der Waals surface area contributed by atoms with Crippen LogP contribution in [0.3, 0.4) is 0 Å². The molecule has 21 heavy (non-hydrogen) atoms. The van der Waals surface area contributed by atoms with Crippen LogP contribution in [0.2, 0.25) is 0 Å². The maximum Gasteiger partial charge on any atom is 0.187 e. The molecular formula is C16H14BrFO3. The molecule has 2 aromatic carbocycles. The fraction of sp³-hybridized carbons (Fsp3) is 0.250. The second-order valence-electron chi connectivity index (χ2n) is 4.65. The minimum atomic E-state index is -0.581. The summed E-state index contributed by atoms with van der Waals surface area (Å²) in [4.78, 5) is 0. The van der Waals surface area contributed by atoms with E-state index in [1.54, 1.807) is 6.07 Å². The van der Waals surface area contributed by atoms with Gasteiger partial charge >= 0.3 is 0 Å². The molecule has 1 aliphatic rings. The molecule has 1 saturated heterocycles. The standard InChI is InChI=1S/C16H14BrFO3/c17-12-8-13(16-19-6-7-20-16)15(14(18)9-12)21-10-11-4-2-1-3-5-11/h1-5,8-9,16H,6-7,10H2. The molecule has 0 unspecified atom stereocenters. The van der Waals surface area contributed by atoms with Gasteiger partial charge in [0.1, 0.15) is 6.61 Å². The lowest BCUT2D eigenvalue weighted by Gasteiger charge is -2.17. The van der Waals surface area contributed by atoms with Crippen LogP contribution in [0.1, 0.15) is 17.4 Å². The van der Waals surface area contributed by atoms with Gasteiger partial charge in [-0.05, 0) is 17.7 Å². The van der Waals surface area contributed by atoms with Crippen LogP contribution < -0.4 is 4.74 Å². The van der Waals surface area contributed by atoms with Gasteiger partial charge in [0.05, 0.1) is 18.8 Å². The number of benzene rings is 2. The summed E-state index contributed by atoms with van der Waals surface area (Å²) in [7, 11) is 0. The largest absolute Gasteiger partial charge is 0.485 e. The van der Waals surface area contributed by atoms with E-state index in [2.05, 4.69) is 15.9 Å². The van der Waals surface area contributed by atoms with Crippen LogP contribution in [-0.2, 0) is 16.1 Å². The van der Waals surface area contributed by atoms with Gasteiger partial charge < -0.3 is 14.2 Å². The molecule has 2 aromatic rings. The van der Waals surface area contributed by atoms with E-state index in [-0.39, 0.29) is 5.75 Å². The molecule has 1 heterocycles. The van der Waals surface area contributed by atoms with Crippen LogP contribution in [-0.4, -0.2) is 13.2 Å². The lowest BCUT2D eigenvalue weighted by Crippen LogP contribution is -2.06. The van der Waals surface area contributed by atoms with Crippen molar-refractivity contribution in [3.63, 3.8) is 0 Å². The normalized spacial score (nSPS) is 15.3. The van der Waals surface area contributed by atoms with E-state index in [4.69, 9.17) is 14.2 Å². The number of ether oxygens (including phenoxy) is 3. The third kappa shape index (κ3) is 3.43. The molecule has 0 N–H and O–H groups in total. The maximum absolute atomic E-state index is 14.2. The van der Waals surface area contributed by atoms with Crippen molar-refractivity contribution in [2.24, 2.45) is 0 Å². The molecule has 0 amide bonds. The molecule has 0 aromatic heterocycles. The zero-order valence-corrected chi connectivity index (χ0v) is 12.8. The monoisotopic (exact) mass is 352 g/mol. The Kier molecular flexibility index (Phi) is 4.53. The smallest absolute Gasteiger partial charge is 0.187 e. The zero-order chi connectivity index (χ0) is 14.7. The van der Waals surface area contributed by atoms with Crippen molar-refractivity contribution in [2.75, 3.05) is 13.2 Å². The maximum atomic E-state index is 14.2. The second-order valence-corrected chi connectivity index (χ2v) is 5.57. The Balaban J connectivity index is 1.85. The van der Waals surface area contributed by atoms with Crippen molar-refractivity contribution in [2.45, 2.75) is 12.9 Å². The quantitative estimate of drug-likeness (QED) is 0.824. The third-order valence-corrected chi connectivity index (χ3v) is 3.60. The first kappa shape index (κ1) is 14.5. The molecule has 1 fully saturated rings. The third-order valence-electron chi connectivity index (χ3n) is 3.14. The Bertz CT molecular complexity index is 612. The van der Waals surface area contributed by atoms with Gasteiger partial charge in [0.15, 0.2) is 17.9 Å². The van der Waals surface area contributed by atoms with Crippen LogP contribution in [0.4, 0.5) is 4.39 Å². The van der Waals surface area contributed by atoms with Crippen molar-refractivity contribution in [3.8, 4) is 5.75 Å². The molecule has 110 valence electrons. The summed E-state index contributed by atoms with van der Waals surface area (Å²) >= 11 is 3.28. The van der Waals surface area contributed by atoms with E-state index < -0.39 is 12.1 Å². The molecule has 0 bridgehead atoms. The first-order valence-electron chi connectivity index (χ1n) is 6.63. The van der Waals surface area contributed by atoms with Crippen molar-refractivity contribution < 1.29 is 18.6 Å². The van der Waals surface area contributed by atoms with Crippen LogP contribution in [0.5, 0.6) is 5.75 Å². The van der Waals surface area contributed by atoms with E-state index >= 15 is 0 Å². The van der Waals surface area contributed by atoms with Crippen LogP contribution in [0.15, 0.2) is 46.9 Å². The summed E-state index contributed by atoms with van der Waals surface area (Å²) in [5.41, 5.74) is 1.54. The zero-order valence-electron chi connectivity index (χ0n) is 11.2. The molecule has 0 aliphatic carbocycles. The van der Waals surface area contributed by atoms with Gasteiger partial charge in [-0.25, -0.2) is 4.39 Å². The molecule has 0 spiro atoms. The summed E-state index contributed by atoms with van der Waals surface area (Å²) in [5, 5.41) is 0. The Morgan fingerprint density at radius 1 is 1.14 bits per heavy atom. The molecule has 3 nitrogen and oxygen atoms in total. The summed E-state index contributed by atoms with van der Waals surface area (Å²) in [6.07, 6.45) is -0.581. The highest BCUT2D eigenvalue weighted by Crippen LogP contribution is 2.36. The highest BCUT2D eigenvalue weighted by molar-refractivity contribution is 9.10. The van der Waals surface area contributed by atoms with Crippen LogP contribution in [0, 0.1) is 5.82 Å². The van der Waals surface area contributed by atoms with Gasteiger partial charge in [-0.15, -0.1) is 0 Å². The molecule has 1 aliphatic heterocycles. The highest BCUT2D eigenvalue weighted by Gasteiger charge is 2.25. The highest BCUT2D eigenvalue weighted by atomic mass is 79.9. The van der Waals surface area contributed by atoms with Crippen molar-refractivity contribution in [1.29, 1.82) is 0 Å². The van der Waals surface area contributed by atoms with E-state index in [0.29, 0.717) is 29.9 Å². The predicted molar refractivity (Wildman–Crippen MR) is 79.5 cm³/mol. The Morgan fingerprint density at radius 3 is 2.57 bits per heavy atom. The van der Waals surface area contributed by atoms with E-state index in [1.165, 1.54) is 6.07 Å². The van der Waals surface area contributed by atoms with Gasteiger partial charge in [0.2, 0.25) is 0 Å². The van der Waals surface area contributed by atoms with Crippen LogP contribution in [0.25, 0.3) is 0 Å². The molecule has 3 rings (SSSR count). The molecular weight excluding hydrogens is 339 g/mol. The lowest BCUT2D eigenvalue weighted by atomic mass is 10.2. The number of hydrogen-bond donors (Lipinski definition) is 0. The molecule has 0 saturated carbocycles. The number of rotatable bonds is 4. The van der Waals surface area contributed by atoms with E-state index in [0.717, 1.165) is 5.56 Å². The van der Waals surface area contributed by atoms with Crippen LogP contribution >= 0.6 is 15.9 Å². The van der Waals surface area contributed by atoms with Crippen molar-refractivity contribution in [3.05, 3.63) is 63.9 Å². The minimum Gasteiger partial charge on any atom is -0.485 e. The Morgan fingerprint density at radius 2 is 1.86 bits per heavy atom. The summed E-state index contributed by atoms with van der Waals surface area (Å²) in [5.74, 6) is -0.261. The SMILES string of the molecule is Fc1cc(Br)cc(C2OCCO2)c1OCc1ccccc1. The van der Waals surface area contributed by atoms with Gasteiger partial charge in [-0.2, -0.15) is 0 Å². The Hall–Kier alpha value is -1.43.